The Hall–Kier alpha value is -1.06. The summed E-state index contributed by atoms with van der Waals surface area (Å²) in [4.78, 5) is 41.4. The smallest absolute Gasteiger partial charge is 0.383 e. The van der Waals surface area contributed by atoms with Crippen molar-refractivity contribution in [3.8, 4) is 0 Å². The number of fused-ring (bicyclic) bond motifs is 1. The fraction of sp³-hybridized carbons (Fsp3) is 0.636. The van der Waals surface area contributed by atoms with Gasteiger partial charge in [0.05, 0.1) is 19.2 Å². The van der Waals surface area contributed by atoms with Crippen molar-refractivity contribution in [2.75, 3.05) is 12.3 Å². The summed E-state index contributed by atoms with van der Waals surface area (Å²) in [6, 6.07) is -0.0744. The summed E-state index contributed by atoms with van der Waals surface area (Å²) in [6.45, 7) is -1.28. The molecule has 176 valence electrons. The van der Waals surface area contributed by atoms with Crippen molar-refractivity contribution in [2.45, 2.75) is 36.1 Å². The van der Waals surface area contributed by atoms with E-state index in [9.17, 15) is 28.0 Å². The maximum absolute atomic E-state index is 14.8. The molecule has 1 aromatic heterocycles. The molecule has 1 aromatic rings. The number of aromatic nitrogens is 2. The maximum Gasteiger partial charge on any atom is 0.488 e. The summed E-state index contributed by atoms with van der Waals surface area (Å²) in [5.74, 6) is -0.0622. The lowest BCUT2D eigenvalue weighted by atomic mass is 10.1. The van der Waals surface area contributed by atoms with Gasteiger partial charge in [-0.3, -0.25) is 9.13 Å². The highest BCUT2D eigenvalue weighted by Crippen LogP contribution is 2.64. The molecule has 1 saturated heterocycles. The maximum atomic E-state index is 14.8. The van der Waals surface area contributed by atoms with Crippen molar-refractivity contribution < 1.29 is 55.8 Å². The third-order valence-corrected chi connectivity index (χ3v) is 8.33. The van der Waals surface area contributed by atoms with Crippen LogP contribution in [0.1, 0.15) is 0 Å². The minimum absolute atomic E-state index is 0.0622. The summed E-state index contributed by atoms with van der Waals surface area (Å²) >= 11 is 0. The van der Waals surface area contributed by atoms with E-state index in [1.165, 1.54) is 12.3 Å². The number of hydrogen-bond donors (Lipinski definition) is 6. The molecule has 1 saturated carbocycles. The van der Waals surface area contributed by atoms with Gasteiger partial charge in [0.25, 0.3) is 0 Å². The zero-order valence-electron chi connectivity index (χ0n) is 15.2. The first-order valence-corrected chi connectivity index (χ1v) is 12.5. The number of nitrogen functional groups attached to an aromatic ring is 1. The van der Waals surface area contributed by atoms with E-state index in [0.29, 0.717) is 0 Å². The Kier molecular flexibility index (Phi) is 6.39. The van der Waals surface area contributed by atoms with Gasteiger partial charge in [0, 0.05) is 6.20 Å². The fourth-order valence-electron chi connectivity index (χ4n) is 3.31. The highest BCUT2D eigenvalue weighted by Gasteiger charge is 2.86. The Morgan fingerprint density at radius 1 is 1.39 bits per heavy atom. The van der Waals surface area contributed by atoms with Gasteiger partial charge < -0.3 is 40.5 Å². The summed E-state index contributed by atoms with van der Waals surface area (Å²) in [5.41, 5.74) is 6.01. The molecule has 3 rings (SSSR count). The van der Waals surface area contributed by atoms with Crippen LogP contribution in [0, 0.1) is 0 Å². The van der Waals surface area contributed by atoms with Crippen molar-refractivity contribution in [3.05, 3.63) is 22.7 Å². The Labute approximate surface area is 172 Å². The van der Waals surface area contributed by atoms with Gasteiger partial charge in [-0.15, -0.1) is 0 Å². The molecule has 16 nitrogen and oxygen atoms in total. The molecule has 0 spiro atoms. The van der Waals surface area contributed by atoms with Gasteiger partial charge in [-0.2, -0.15) is 9.29 Å². The Morgan fingerprint density at radius 3 is 2.61 bits per heavy atom. The second-order valence-corrected chi connectivity index (χ2v) is 10.8. The van der Waals surface area contributed by atoms with E-state index in [1.54, 1.807) is 0 Å². The van der Waals surface area contributed by atoms with E-state index in [4.69, 9.17) is 30.9 Å². The summed E-state index contributed by atoms with van der Waals surface area (Å²) in [6.07, 6.45) is -2.29. The second-order valence-electron chi connectivity index (χ2n) is 6.71. The molecule has 2 heterocycles. The zero-order valence-corrected chi connectivity index (χ0v) is 18.0. The molecule has 3 unspecified atom stereocenters. The third kappa shape index (κ3) is 4.69. The van der Waals surface area contributed by atoms with Crippen LogP contribution in [0.25, 0.3) is 0 Å². The molecule has 0 aromatic carbocycles. The van der Waals surface area contributed by atoms with E-state index in [2.05, 4.69) is 18.1 Å². The van der Waals surface area contributed by atoms with Crippen LogP contribution < -0.4 is 17.2 Å². The topological polar surface area (TPSA) is 256 Å². The van der Waals surface area contributed by atoms with Crippen molar-refractivity contribution in [1.82, 2.24) is 9.55 Å². The minimum atomic E-state index is -5.47. The van der Waals surface area contributed by atoms with Crippen LogP contribution in [-0.2, 0) is 38.1 Å². The Balaban J connectivity index is 1.66. The van der Waals surface area contributed by atoms with Crippen molar-refractivity contribution in [3.63, 3.8) is 0 Å². The van der Waals surface area contributed by atoms with Gasteiger partial charge in [0.2, 0.25) is 0 Å². The molecule has 31 heavy (non-hydrogen) atoms. The highest BCUT2D eigenvalue weighted by molar-refractivity contribution is 7.64. The zero-order chi connectivity index (χ0) is 23.4. The summed E-state index contributed by atoms with van der Waals surface area (Å²) < 4.78 is 67.0. The first-order valence-electron chi connectivity index (χ1n) is 8.20. The minimum Gasteiger partial charge on any atom is -0.383 e. The summed E-state index contributed by atoms with van der Waals surface area (Å²) in [7, 11) is -14.9. The molecule has 0 bridgehead atoms. The molecule has 0 amide bonds. The lowest BCUT2D eigenvalue weighted by Gasteiger charge is -2.21. The van der Waals surface area contributed by atoms with E-state index in [0.717, 1.165) is 4.57 Å². The number of hydrogen-bond acceptors (Lipinski definition) is 12. The van der Waals surface area contributed by atoms with Gasteiger partial charge >= 0.3 is 29.6 Å². The van der Waals surface area contributed by atoms with Gasteiger partial charge in [-0.1, -0.05) is 0 Å². The molecule has 1 aliphatic heterocycles. The lowest BCUT2D eigenvalue weighted by molar-refractivity contribution is -0.0484. The van der Waals surface area contributed by atoms with Crippen LogP contribution in [0.5, 0.6) is 0 Å². The molecular formula is C11H18FN4O12P3. The number of aliphatic hydroxyl groups is 1. The van der Waals surface area contributed by atoms with E-state index >= 15 is 0 Å². The SMILES string of the molecule is Nc1ccn(C[C@@H]2O[C@@]3(CO[PH](=O)OP(=O)(O)OP(=O)(O)O)C(N)[C@]3(O)[C@H]2F)c(=O)n1. The highest BCUT2D eigenvalue weighted by atomic mass is 31.3. The van der Waals surface area contributed by atoms with Crippen molar-refractivity contribution in [1.29, 1.82) is 0 Å². The molecule has 7 atom stereocenters. The summed E-state index contributed by atoms with van der Waals surface area (Å²) in [5, 5.41) is 10.5. The molecule has 2 fully saturated rings. The van der Waals surface area contributed by atoms with E-state index < -0.39 is 72.3 Å². The number of anilines is 1. The Morgan fingerprint density at radius 2 is 2.03 bits per heavy atom. The first kappa shape index (κ1) is 24.6. The van der Waals surface area contributed by atoms with Crippen LogP contribution >= 0.6 is 23.9 Å². The number of alkyl halides is 1. The molecular weight excluding hydrogens is 492 g/mol. The van der Waals surface area contributed by atoms with Crippen molar-refractivity contribution in [2.24, 2.45) is 5.73 Å². The fourth-order valence-corrected chi connectivity index (χ4v) is 6.12. The van der Waals surface area contributed by atoms with Crippen molar-refractivity contribution >= 4 is 29.7 Å². The molecule has 8 N–H and O–H groups in total. The van der Waals surface area contributed by atoms with Crippen LogP contribution in [0.15, 0.2) is 17.1 Å². The quantitative estimate of drug-likeness (QED) is 0.197. The van der Waals surface area contributed by atoms with E-state index in [1.807, 2.05) is 0 Å². The predicted octanol–water partition coefficient (Wildman–Crippen LogP) is -1.99. The van der Waals surface area contributed by atoms with Crippen LogP contribution in [0.2, 0.25) is 0 Å². The van der Waals surface area contributed by atoms with Crippen LogP contribution in [0.4, 0.5) is 10.2 Å². The number of phosphoric acid groups is 2. The van der Waals surface area contributed by atoms with E-state index in [-0.39, 0.29) is 5.82 Å². The molecule has 1 aliphatic carbocycles. The first-order chi connectivity index (χ1) is 14.1. The number of ether oxygens (including phenoxy) is 1. The average molecular weight is 510 g/mol. The van der Waals surface area contributed by atoms with Gasteiger partial charge in [-0.25, -0.2) is 22.6 Å². The van der Waals surface area contributed by atoms with Crippen LogP contribution in [-0.4, -0.2) is 65.5 Å². The Bertz CT molecular complexity index is 1050. The second kappa shape index (κ2) is 8.06. The van der Waals surface area contributed by atoms with Gasteiger partial charge in [0.1, 0.15) is 23.1 Å². The normalized spacial score (nSPS) is 35.4. The largest absolute Gasteiger partial charge is 0.488 e. The number of rotatable bonds is 9. The average Bonchev–Trinajstić information content (AvgIpc) is 2.96. The predicted molar refractivity (Wildman–Crippen MR) is 97.3 cm³/mol. The monoisotopic (exact) mass is 510 g/mol. The number of nitrogens with zero attached hydrogens (tertiary/aromatic N) is 2. The van der Waals surface area contributed by atoms with Gasteiger partial charge in [0.15, 0.2) is 6.17 Å². The number of halogens is 1. The molecule has 20 heteroatoms. The molecule has 0 radical (unpaired) electrons. The number of nitrogens with two attached hydrogens (primary N) is 2. The third-order valence-electron chi connectivity index (χ3n) is 4.76. The lowest BCUT2D eigenvalue weighted by Crippen LogP contribution is -2.42. The molecule has 2 aliphatic rings. The standard InChI is InChI=1S/C11H18FN4O12P3/c12-7-5(3-16-2-1-6(13)15-9(16)17)26-10(8(14)11(7,10)18)4-25-29(19)27-31(23,24)28-30(20,21)22/h1-2,5,7-8,18,29H,3-4,14H2,(H,23,24)(H2,13,15,17)(H2,20,21,22)/t5-,7-,8?,10-,11+/m0/s1. The van der Waals surface area contributed by atoms with Crippen LogP contribution in [0.3, 0.4) is 0 Å². The van der Waals surface area contributed by atoms with Gasteiger partial charge in [-0.05, 0) is 6.07 Å².